The molecule has 1 fully saturated rings. The van der Waals surface area contributed by atoms with E-state index in [-0.39, 0.29) is 17.1 Å². The summed E-state index contributed by atoms with van der Waals surface area (Å²) in [6, 6.07) is 13.8. The molecule has 0 saturated carbocycles. The van der Waals surface area contributed by atoms with Crippen LogP contribution in [0.15, 0.2) is 60.8 Å². The molecule has 0 radical (unpaired) electrons. The van der Waals surface area contributed by atoms with Crippen molar-refractivity contribution in [2.75, 3.05) is 18.5 Å². The first-order chi connectivity index (χ1) is 18.4. The van der Waals surface area contributed by atoms with Crippen molar-refractivity contribution in [3.63, 3.8) is 0 Å². The number of aromatic nitrogens is 2. The number of amides is 1. The van der Waals surface area contributed by atoms with E-state index in [1.165, 1.54) is 18.2 Å². The third-order valence-electron chi connectivity index (χ3n) is 6.64. The molecule has 0 aliphatic carbocycles. The molecule has 0 unspecified atom stereocenters. The van der Waals surface area contributed by atoms with E-state index in [2.05, 4.69) is 17.3 Å². The van der Waals surface area contributed by atoms with Crippen LogP contribution in [0.25, 0.3) is 17.3 Å². The Kier molecular flexibility index (Phi) is 9.56. The quantitative estimate of drug-likeness (QED) is 0.171. The molecule has 1 aromatic heterocycles. The number of nitrogens with zero attached hydrogens (tertiary/aromatic N) is 2. The van der Waals surface area contributed by atoms with E-state index in [4.69, 9.17) is 9.05 Å². The summed E-state index contributed by atoms with van der Waals surface area (Å²) in [5, 5.41) is 7.14. The van der Waals surface area contributed by atoms with Crippen LogP contribution in [0, 0.1) is 11.2 Å². The van der Waals surface area contributed by atoms with Crippen LogP contribution < -0.4 is 5.32 Å². The molecule has 1 amide bonds. The van der Waals surface area contributed by atoms with Crippen LogP contribution in [0.2, 0.25) is 0 Å². The molecule has 1 aliphatic heterocycles. The highest BCUT2D eigenvalue weighted by molar-refractivity contribution is 7.46. The van der Waals surface area contributed by atoms with Crippen molar-refractivity contribution in [2.45, 2.75) is 38.8 Å². The van der Waals surface area contributed by atoms with Crippen LogP contribution in [0.5, 0.6) is 0 Å². The van der Waals surface area contributed by atoms with Crippen molar-refractivity contribution in [2.24, 2.45) is 12.5 Å². The highest BCUT2D eigenvalue weighted by atomic mass is 31.2. The summed E-state index contributed by atoms with van der Waals surface area (Å²) in [6.45, 7) is 3.25. The van der Waals surface area contributed by atoms with Gasteiger partial charge in [-0.2, -0.15) is 5.10 Å². The first-order valence-electron chi connectivity index (χ1n) is 12.7. The highest BCUT2D eigenvalue weighted by Crippen LogP contribution is 2.50. The van der Waals surface area contributed by atoms with Crippen LogP contribution in [0.1, 0.15) is 43.7 Å². The predicted octanol–water partition coefficient (Wildman–Crippen LogP) is 6.50. The molecule has 9 heteroatoms. The summed E-state index contributed by atoms with van der Waals surface area (Å²) in [4.78, 5) is 23.7. The zero-order valence-corrected chi connectivity index (χ0v) is 22.6. The lowest BCUT2D eigenvalue weighted by molar-refractivity contribution is -0.112. The number of anilines is 1. The number of carbonyl (C=O) groups is 2. The second-order valence-corrected chi connectivity index (χ2v) is 11.1. The Morgan fingerprint density at radius 2 is 1.87 bits per heavy atom. The number of aryl methyl sites for hydroxylation is 1. The van der Waals surface area contributed by atoms with Crippen LogP contribution >= 0.6 is 8.38 Å². The van der Waals surface area contributed by atoms with Crippen LogP contribution in [0.4, 0.5) is 10.1 Å². The summed E-state index contributed by atoms with van der Waals surface area (Å²) in [6.07, 6.45) is 9.97. The maximum absolute atomic E-state index is 13.3. The minimum absolute atomic E-state index is 0.201. The summed E-state index contributed by atoms with van der Waals surface area (Å²) < 4.78 is 27.1. The molecule has 1 aliphatic rings. The van der Waals surface area contributed by atoms with Gasteiger partial charge in [0.25, 0.3) is 0 Å². The SMILES string of the molecule is CCCCC1(CC=O)COP(Cc2ccc(NC(=O)/C=C/c3cnn(C)c3-c3ccc(F)cc3)cc2)OC1. The van der Waals surface area contributed by atoms with Crippen molar-refractivity contribution >= 4 is 32.3 Å². The first kappa shape index (κ1) is 27.8. The molecule has 0 atom stereocenters. The fourth-order valence-corrected chi connectivity index (χ4v) is 6.01. The number of benzene rings is 2. The molecule has 7 nitrogen and oxygen atoms in total. The van der Waals surface area contributed by atoms with Crippen molar-refractivity contribution in [3.8, 4) is 11.3 Å². The molecule has 1 N–H and O–H groups in total. The molecule has 1 saturated heterocycles. The maximum atomic E-state index is 13.3. The standard InChI is InChI=1S/C29H33FN3O4P/c1-3-4-15-29(16-17-34)20-36-38(37-21-29)19-22-5-12-26(13-6-22)32-27(35)14-9-24-18-31-33(2)28(24)23-7-10-25(30)11-8-23/h5-14,17-18H,3-4,15-16,19-21H2,1-2H3,(H,32,35)/b14-9+. The molecule has 0 spiro atoms. The number of unbranched alkanes of at least 4 members (excludes halogenated alkanes) is 1. The van der Waals surface area contributed by atoms with Crippen molar-refractivity contribution in [3.05, 3.63) is 77.7 Å². The fraction of sp³-hybridized carbons (Fsp3) is 0.345. The second kappa shape index (κ2) is 13.1. The largest absolute Gasteiger partial charge is 0.333 e. The van der Waals surface area contributed by atoms with Gasteiger partial charge in [0.05, 0.1) is 25.1 Å². The third-order valence-corrected chi connectivity index (χ3v) is 8.10. The van der Waals surface area contributed by atoms with E-state index in [9.17, 15) is 14.0 Å². The monoisotopic (exact) mass is 537 g/mol. The number of rotatable bonds is 11. The van der Waals surface area contributed by atoms with E-state index in [1.54, 1.807) is 36.1 Å². The minimum Gasteiger partial charge on any atom is -0.333 e. The highest BCUT2D eigenvalue weighted by Gasteiger charge is 2.36. The fourth-order valence-electron chi connectivity index (χ4n) is 4.41. The van der Waals surface area contributed by atoms with Gasteiger partial charge in [0.2, 0.25) is 5.91 Å². The van der Waals surface area contributed by atoms with Gasteiger partial charge in [0.15, 0.2) is 8.38 Å². The van der Waals surface area contributed by atoms with Crippen LogP contribution in [-0.2, 0) is 31.8 Å². The number of carbonyl (C=O) groups excluding carboxylic acids is 2. The van der Waals surface area contributed by atoms with Gasteiger partial charge in [-0.25, -0.2) is 4.39 Å². The zero-order chi connectivity index (χ0) is 27.0. The lowest BCUT2D eigenvalue weighted by atomic mass is 9.82. The van der Waals surface area contributed by atoms with Crippen molar-refractivity contribution in [1.82, 2.24) is 9.78 Å². The molecule has 4 rings (SSSR count). The molecule has 0 bridgehead atoms. The predicted molar refractivity (Wildman–Crippen MR) is 148 cm³/mol. The lowest BCUT2D eigenvalue weighted by Gasteiger charge is -2.38. The van der Waals surface area contributed by atoms with Gasteiger partial charge >= 0.3 is 0 Å². The summed E-state index contributed by atoms with van der Waals surface area (Å²) >= 11 is 0. The number of hydrogen-bond donors (Lipinski definition) is 1. The summed E-state index contributed by atoms with van der Waals surface area (Å²) in [5.41, 5.74) is 3.89. The molecular formula is C29H33FN3O4P. The second-order valence-electron chi connectivity index (χ2n) is 9.61. The average molecular weight is 538 g/mol. The minimum atomic E-state index is -1.06. The van der Waals surface area contributed by atoms with E-state index >= 15 is 0 Å². The summed E-state index contributed by atoms with van der Waals surface area (Å²) in [5.74, 6) is -0.578. The first-order valence-corrected chi connectivity index (χ1v) is 14.1. The van der Waals surface area contributed by atoms with Gasteiger partial charge in [0, 0.05) is 47.9 Å². The maximum Gasteiger partial charge on any atom is 0.248 e. The Labute approximate surface area is 224 Å². The average Bonchev–Trinajstić information content (AvgIpc) is 3.29. The molecule has 2 aromatic carbocycles. The van der Waals surface area contributed by atoms with Gasteiger partial charge in [0.1, 0.15) is 12.1 Å². The van der Waals surface area contributed by atoms with Gasteiger partial charge in [-0.3, -0.25) is 9.48 Å². The van der Waals surface area contributed by atoms with Gasteiger partial charge < -0.3 is 19.2 Å². The number of aldehydes is 1. The zero-order valence-electron chi connectivity index (χ0n) is 21.7. The third kappa shape index (κ3) is 7.22. The molecule has 2 heterocycles. The Morgan fingerprint density at radius 3 is 2.53 bits per heavy atom. The van der Waals surface area contributed by atoms with Gasteiger partial charge in [-0.1, -0.05) is 31.9 Å². The topological polar surface area (TPSA) is 82.5 Å². The Bertz CT molecular complexity index is 1250. The molecule has 38 heavy (non-hydrogen) atoms. The van der Waals surface area contributed by atoms with Crippen molar-refractivity contribution < 1.29 is 23.0 Å². The Morgan fingerprint density at radius 1 is 1.16 bits per heavy atom. The van der Waals surface area contributed by atoms with Gasteiger partial charge in [-0.05, 0) is 54.5 Å². The van der Waals surface area contributed by atoms with E-state index in [0.717, 1.165) is 47.9 Å². The number of halogens is 1. The number of hydrogen-bond acceptors (Lipinski definition) is 5. The van der Waals surface area contributed by atoms with E-state index in [1.807, 2.05) is 24.3 Å². The van der Waals surface area contributed by atoms with Crippen molar-refractivity contribution in [1.29, 1.82) is 0 Å². The Balaban J connectivity index is 1.31. The van der Waals surface area contributed by atoms with Gasteiger partial charge in [-0.15, -0.1) is 0 Å². The molecular weight excluding hydrogens is 504 g/mol. The van der Waals surface area contributed by atoms with E-state index in [0.29, 0.717) is 31.5 Å². The van der Waals surface area contributed by atoms with Crippen LogP contribution in [-0.4, -0.2) is 35.2 Å². The molecule has 200 valence electrons. The molecule has 3 aromatic rings. The van der Waals surface area contributed by atoms with E-state index < -0.39 is 8.38 Å². The van der Waals surface area contributed by atoms with Crippen LogP contribution in [0.3, 0.4) is 0 Å². The lowest BCUT2D eigenvalue weighted by Crippen LogP contribution is -2.35. The normalized spacial score (nSPS) is 19.5. The number of nitrogens with one attached hydrogen (secondary N) is 1. The smallest absolute Gasteiger partial charge is 0.248 e. The Hall–Kier alpha value is -3.19. The summed E-state index contributed by atoms with van der Waals surface area (Å²) in [7, 11) is 0.746.